The molecule has 0 aliphatic rings. The second-order valence-corrected chi connectivity index (χ2v) is 12.7. The van der Waals surface area contributed by atoms with Crippen LogP contribution in [0.25, 0.3) is 53.5 Å². The van der Waals surface area contributed by atoms with Gasteiger partial charge in [0.15, 0.2) is 0 Å². The zero-order valence-electron chi connectivity index (χ0n) is 22.5. The number of pyridine rings is 1. The second-order valence-electron chi connectivity index (χ2n) is 11.6. The molecule has 186 valence electrons. The van der Waals surface area contributed by atoms with E-state index in [1.807, 2.05) is 17.5 Å². The molecule has 0 fully saturated rings. The highest BCUT2D eigenvalue weighted by Crippen LogP contribution is 2.43. The van der Waals surface area contributed by atoms with Crippen LogP contribution in [0.3, 0.4) is 0 Å². The van der Waals surface area contributed by atoms with Crippen molar-refractivity contribution in [1.29, 1.82) is 0 Å². The van der Waals surface area contributed by atoms with E-state index in [1.54, 1.807) is 0 Å². The van der Waals surface area contributed by atoms with Crippen molar-refractivity contribution in [2.45, 2.75) is 53.4 Å². The molecule has 0 bridgehead atoms. The van der Waals surface area contributed by atoms with E-state index in [2.05, 4.69) is 108 Å². The molecule has 0 aliphatic heterocycles. The van der Waals surface area contributed by atoms with E-state index in [0.717, 1.165) is 23.5 Å². The van der Waals surface area contributed by atoms with Crippen LogP contribution in [0.5, 0.6) is 0 Å². The molecule has 0 saturated carbocycles. The summed E-state index contributed by atoms with van der Waals surface area (Å²) in [4.78, 5) is 6.18. The highest BCUT2D eigenvalue weighted by molar-refractivity contribution is 7.22. The van der Waals surface area contributed by atoms with Crippen molar-refractivity contribution in [2.75, 3.05) is 0 Å². The number of furan rings is 1. The van der Waals surface area contributed by atoms with E-state index < -0.39 is 0 Å². The molecule has 0 atom stereocenters. The predicted molar refractivity (Wildman–Crippen MR) is 160 cm³/mol. The van der Waals surface area contributed by atoms with Gasteiger partial charge in [0.25, 0.3) is 0 Å². The number of benzene rings is 3. The zero-order valence-corrected chi connectivity index (χ0v) is 23.3. The molecule has 0 radical (unpaired) electrons. The van der Waals surface area contributed by atoms with Crippen LogP contribution in [0.15, 0.2) is 77.3 Å². The topological polar surface area (TPSA) is 26.0 Å². The van der Waals surface area contributed by atoms with Crippen LogP contribution in [0.1, 0.15) is 51.5 Å². The maximum atomic E-state index is 6.32. The summed E-state index contributed by atoms with van der Waals surface area (Å²) in [6, 6.07) is 24.3. The summed E-state index contributed by atoms with van der Waals surface area (Å²) in [5.41, 5.74) is 7.10. The Kier molecular flexibility index (Phi) is 5.72. The first kappa shape index (κ1) is 23.9. The molecule has 0 unspecified atom stereocenters. The lowest BCUT2D eigenvalue weighted by molar-refractivity contribution is 0.496. The third kappa shape index (κ3) is 4.16. The van der Waals surface area contributed by atoms with Gasteiger partial charge in [-0.25, -0.2) is 0 Å². The van der Waals surface area contributed by atoms with Gasteiger partial charge in [-0.1, -0.05) is 71.0 Å². The predicted octanol–water partition coefficient (Wildman–Crippen LogP) is 10.3. The van der Waals surface area contributed by atoms with Gasteiger partial charge in [0.05, 0.1) is 5.69 Å². The molecule has 0 spiro atoms. The highest BCUT2D eigenvalue weighted by Gasteiger charge is 2.21. The van der Waals surface area contributed by atoms with Crippen molar-refractivity contribution < 1.29 is 4.42 Å². The van der Waals surface area contributed by atoms with Crippen LogP contribution in [-0.2, 0) is 11.8 Å². The molecule has 0 N–H and O–H groups in total. The number of rotatable bonds is 4. The summed E-state index contributed by atoms with van der Waals surface area (Å²) in [6.07, 6.45) is 2.91. The van der Waals surface area contributed by atoms with Crippen molar-refractivity contribution in [1.82, 2.24) is 4.98 Å². The summed E-state index contributed by atoms with van der Waals surface area (Å²) >= 11 is 1.84. The van der Waals surface area contributed by atoms with Gasteiger partial charge in [-0.15, -0.1) is 11.3 Å². The van der Waals surface area contributed by atoms with Crippen molar-refractivity contribution >= 4 is 43.2 Å². The fourth-order valence-electron chi connectivity index (χ4n) is 5.52. The quantitative estimate of drug-likeness (QED) is 0.239. The average molecular weight is 504 g/mol. The van der Waals surface area contributed by atoms with Gasteiger partial charge in [0.2, 0.25) is 0 Å². The molecule has 0 aliphatic carbocycles. The van der Waals surface area contributed by atoms with Gasteiger partial charge in [-0.05, 0) is 70.5 Å². The maximum Gasteiger partial charge on any atom is 0.135 e. The molecular formula is C34H33NOS. The smallest absolute Gasteiger partial charge is 0.135 e. The molecule has 0 amide bonds. The second kappa shape index (κ2) is 8.85. The number of nitrogens with zero attached hydrogens (tertiary/aromatic N) is 1. The lowest BCUT2D eigenvalue weighted by atomic mass is 9.82. The average Bonchev–Trinajstić information content (AvgIpc) is 3.43. The van der Waals surface area contributed by atoms with Crippen molar-refractivity contribution in [3.05, 3.63) is 89.8 Å². The molecule has 3 aromatic heterocycles. The molecular weight excluding hydrogens is 470 g/mol. The van der Waals surface area contributed by atoms with Crippen LogP contribution >= 0.6 is 11.3 Å². The van der Waals surface area contributed by atoms with E-state index >= 15 is 0 Å². The Hall–Kier alpha value is -3.43. The van der Waals surface area contributed by atoms with Crippen molar-refractivity contribution in [3.63, 3.8) is 0 Å². The summed E-state index contributed by atoms with van der Waals surface area (Å²) in [5, 5.41) is 5.02. The monoisotopic (exact) mass is 503 g/mol. The molecule has 0 saturated heterocycles. The Bertz CT molecular complexity index is 1780. The van der Waals surface area contributed by atoms with Crippen LogP contribution in [0.2, 0.25) is 0 Å². The summed E-state index contributed by atoms with van der Waals surface area (Å²) in [7, 11) is 0. The Morgan fingerprint density at radius 1 is 0.919 bits per heavy atom. The minimum atomic E-state index is 0.0332. The molecule has 6 aromatic rings. The lowest BCUT2D eigenvalue weighted by Gasteiger charge is -2.22. The normalized spacial score (nSPS) is 12.4. The van der Waals surface area contributed by atoms with Gasteiger partial charge in [0, 0.05) is 44.1 Å². The van der Waals surface area contributed by atoms with Crippen molar-refractivity contribution in [3.8, 4) is 21.7 Å². The first-order valence-electron chi connectivity index (χ1n) is 13.1. The largest absolute Gasteiger partial charge is 0.461 e. The first-order valence-corrected chi connectivity index (χ1v) is 14.0. The number of aromatic nitrogens is 1. The number of aryl methyl sites for hydroxylation is 1. The highest BCUT2D eigenvalue weighted by atomic mass is 32.1. The molecule has 2 nitrogen and oxygen atoms in total. The zero-order chi connectivity index (χ0) is 25.9. The maximum absolute atomic E-state index is 6.32. The summed E-state index contributed by atoms with van der Waals surface area (Å²) in [6.45, 7) is 13.6. The Labute approximate surface area is 223 Å². The molecule has 3 heteroatoms. The van der Waals surface area contributed by atoms with Gasteiger partial charge < -0.3 is 4.42 Å². The molecule has 37 heavy (non-hydrogen) atoms. The Balaban J connectivity index is 1.55. The number of hydrogen-bond donors (Lipinski definition) is 0. The summed E-state index contributed by atoms with van der Waals surface area (Å²) in [5.74, 6) is 1.66. The van der Waals surface area contributed by atoms with Gasteiger partial charge >= 0.3 is 0 Å². The Morgan fingerprint density at radius 2 is 1.73 bits per heavy atom. The fraction of sp³-hybridized carbons (Fsp3) is 0.265. The minimum Gasteiger partial charge on any atom is -0.461 e. The summed E-state index contributed by atoms with van der Waals surface area (Å²) < 4.78 is 7.57. The number of thiophene rings is 1. The van der Waals surface area contributed by atoms with E-state index in [0.29, 0.717) is 5.92 Å². The number of fused-ring (bicyclic) bond motifs is 3. The SMILES string of the molecule is Cc1c(CC(C)C)oc2cccc(-c3cc4c(-c5cc(C(C)(C)C)c6ccccc6c5)nccc4s3)c12. The van der Waals surface area contributed by atoms with E-state index in [9.17, 15) is 0 Å². The minimum absolute atomic E-state index is 0.0332. The lowest BCUT2D eigenvalue weighted by Crippen LogP contribution is -2.12. The van der Waals surface area contributed by atoms with Gasteiger partial charge in [-0.2, -0.15) is 0 Å². The standard InChI is InChI=1S/C34H33NOS/c1-20(2)16-29-21(3)32-25(12-9-13-28(32)36-29)31-19-26-30(37-31)14-15-35-33(26)23-17-22-10-7-8-11-24(22)27(18-23)34(4,5)6/h7-15,17-20H,16H2,1-6H3. The van der Waals surface area contributed by atoms with Crippen LogP contribution in [-0.4, -0.2) is 4.98 Å². The van der Waals surface area contributed by atoms with E-state index in [-0.39, 0.29) is 5.41 Å². The molecule has 6 rings (SSSR count). The van der Waals surface area contributed by atoms with E-state index in [1.165, 1.54) is 53.4 Å². The van der Waals surface area contributed by atoms with Crippen LogP contribution < -0.4 is 0 Å². The Morgan fingerprint density at radius 3 is 2.51 bits per heavy atom. The first-order chi connectivity index (χ1) is 17.7. The van der Waals surface area contributed by atoms with Crippen molar-refractivity contribution in [2.24, 2.45) is 5.92 Å². The van der Waals surface area contributed by atoms with Gasteiger partial charge in [0.1, 0.15) is 11.3 Å². The fourth-order valence-corrected chi connectivity index (χ4v) is 6.60. The van der Waals surface area contributed by atoms with Gasteiger partial charge in [-0.3, -0.25) is 4.98 Å². The van der Waals surface area contributed by atoms with Crippen LogP contribution in [0.4, 0.5) is 0 Å². The molecule has 3 heterocycles. The molecule has 3 aromatic carbocycles. The number of hydrogen-bond acceptors (Lipinski definition) is 3. The van der Waals surface area contributed by atoms with E-state index in [4.69, 9.17) is 9.40 Å². The third-order valence-electron chi connectivity index (χ3n) is 7.30. The third-order valence-corrected chi connectivity index (χ3v) is 8.43. The van der Waals surface area contributed by atoms with Crippen LogP contribution in [0, 0.1) is 12.8 Å².